The van der Waals surface area contributed by atoms with E-state index in [2.05, 4.69) is 31.4 Å². The Labute approximate surface area is 205 Å². The van der Waals surface area contributed by atoms with E-state index in [1.807, 2.05) is 24.3 Å². The summed E-state index contributed by atoms with van der Waals surface area (Å²) in [6.07, 6.45) is -0.743. The number of hydrogen-bond donors (Lipinski definition) is 2. The van der Waals surface area contributed by atoms with Gasteiger partial charge in [0.05, 0.1) is 5.02 Å². The van der Waals surface area contributed by atoms with E-state index in [0.717, 1.165) is 5.56 Å². The van der Waals surface area contributed by atoms with Crippen molar-refractivity contribution < 1.29 is 19.1 Å². The molecule has 0 spiro atoms. The third kappa shape index (κ3) is 6.99. The van der Waals surface area contributed by atoms with Gasteiger partial charge in [0.25, 0.3) is 11.8 Å². The van der Waals surface area contributed by atoms with Gasteiger partial charge in [-0.3, -0.25) is 9.59 Å². The van der Waals surface area contributed by atoms with Gasteiger partial charge < -0.3 is 20.1 Å². The van der Waals surface area contributed by atoms with Gasteiger partial charge in [-0.15, -0.1) is 0 Å². The molecule has 0 fully saturated rings. The van der Waals surface area contributed by atoms with Gasteiger partial charge in [0, 0.05) is 11.4 Å². The van der Waals surface area contributed by atoms with Crippen LogP contribution in [-0.2, 0) is 15.0 Å². The molecule has 3 rings (SSSR count). The van der Waals surface area contributed by atoms with Crippen molar-refractivity contribution in [3.05, 3.63) is 83.4 Å². The number of halogens is 1. The number of hydrogen-bond acceptors (Lipinski definition) is 4. The lowest BCUT2D eigenvalue weighted by Crippen LogP contribution is -2.30. The highest BCUT2D eigenvalue weighted by atomic mass is 35.5. The molecule has 178 valence electrons. The minimum absolute atomic E-state index is 0.0940. The fraction of sp³-hybridized carbons (Fsp3) is 0.259. The molecule has 0 aromatic heterocycles. The molecule has 6 nitrogen and oxygen atoms in total. The van der Waals surface area contributed by atoms with Crippen LogP contribution in [0, 0.1) is 0 Å². The molecule has 0 saturated carbocycles. The van der Waals surface area contributed by atoms with Crippen LogP contribution in [0.4, 0.5) is 11.4 Å². The van der Waals surface area contributed by atoms with E-state index in [4.69, 9.17) is 21.1 Å². The minimum atomic E-state index is -0.743. The molecular formula is C27H29ClN2O4. The minimum Gasteiger partial charge on any atom is -0.483 e. The van der Waals surface area contributed by atoms with Gasteiger partial charge in [-0.05, 0) is 60.4 Å². The maximum absolute atomic E-state index is 12.4. The highest BCUT2D eigenvalue weighted by molar-refractivity contribution is 6.32. The number of carbonyl (C=O) groups excluding carboxylic acids is 2. The summed E-state index contributed by atoms with van der Waals surface area (Å²) in [6, 6.07) is 21.5. The van der Waals surface area contributed by atoms with Gasteiger partial charge in [0.2, 0.25) is 0 Å². The van der Waals surface area contributed by atoms with E-state index < -0.39 is 6.10 Å². The first-order valence-electron chi connectivity index (χ1n) is 11.0. The Balaban J connectivity index is 1.51. The molecule has 0 heterocycles. The second-order valence-corrected chi connectivity index (χ2v) is 9.25. The van der Waals surface area contributed by atoms with Crippen LogP contribution in [-0.4, -0.2) is 24.5 Å². The van der Waals surface area contributed by atoms with Gasteiger partial charge >= 0.3 is 0 Å². The normalized spacial score (nSPS) is 11.9. The van der Waals surface area contributed by atoms with Crippen molar-refractivity contribution >= 4 is 34.8 Å². The molecule has 7 heteroatoms. The van der Waals surface area contributed by atoms with E-state index in [-0.39, 0.29) is 23.8 Å². The predicted molar refractivity (Wildman–Crippen MR) is 136 cm³/mol. The average Bonchev–Trinajstić information content (AvgIpc) is 2.80. The standard InChI is InChI=1S/C27H29ClN2O4/c1-18(34-24-12-8-6-10-22(24)28)26(32)30-20-15-13-19(14-16-20)29-25(31)17-33-23-11-7-5-9-21(23)27(2,3)4/h5-16,18H,17H2,1-4H3,(H,29,31)(H,30,32). The monoisotopic (exact) mass is 480 g/mol. The number of carbonyl (C=O) groups is 2. The molecule has 3 aromatic carbocycles. The van der Waals surface area contributed by atoms with E-state index in [1.165, 1.54) is 0 Å². The Bertz CT molecular complexity index is 1140. The third-order valence-corrected chi connectivity index (χ3v) is 5.31. The van der Waals surface area contributed by atoms with Crippen LogP contribution in [0.15, 0.2) is 72.8 Å². The van der Waals surface area contributed by atoms with Gasteiger partial charge in [-0.2, -0.15) is 0 Å². The molecule has 0 bridgehead atoms. The lowest BCUT2D eigenvalue weighted by Gasteiger charge is -2.22. The summed E-state index contributed by atoms with van der Waals surface area (Å²) >= 11 is 6.08. The zero-order valence-electron chi connectivity index (χ0n) is 19.7. The van der Waals surface area contributed by atoms with Gasteiger partial charge in [-0.25, -0.2) is 0 Å². The lowest BCUT2D eigenvalue weighted by molar-refractivity contribution is -0.122. The molecule has 1 atom stereocenters. The molecular weight excluding hydrogens is 452 g/mol. The molecule has 0 aliphatic carbocycles. The van der Waals surface area contributed by atoms with Crippen molar-refractivity contribution in [3.63, 3.8) is 0 Å². The van der Waals surface area contributed by atoms with Crippen LogP contribution in [0.5, 0.6) is 11.5 Å². The first-order chi connectivity index (χ1) is 16.1. The molecule has 0 radical (unpaired) electrons. The molecule has 1 unspecified atom stereocenters. The summed E-state index contributed by atoms with van der Waals surface area (Å²) in [5.41, 5.74) is 2.11. The zero-order chi connectivity index (χ0) is 24.7. The van der Waals surface area contributed by atoms with E-state index in [0.29, 0.717) is 27.9 Å². The molecule has 2 amide bonds. The van der Waals surface area contributed by atoms with Crippen LogP contribution in [0.3, 0.4) is 0 Å². The number of para-hydroxylation sites is 2. The number of anilines is 2. The van der Waals surface area contributed by atoms with Gasteiger partial charge in [-0.1, -0.05) is 62.7 Å². The number of rotatable bonds is 8. The van der Waals surface area contributed by atoms with Crippen molar-refractivity contribution in [1.82, 2.24) is 0 Å². The Hall–Kier alpha value is -3.51. The predicted octanol–water partition coefficient (Wildman–Crippen LogP) is 6.06. The summed E-state index contributed by atoms with van der Waals surface area (Å²) < 4.78 is 11.4. The average molecular weight is 481 g/mol. The number of nitrogens with one attached hydrogen (secondary N) is 2. The van der Waals surface area contributed by atoms with Crippen molar-refractivity contribution in [2.45, 2.75) is 39.2 Å². The topological polar surface area (TPSA) is 76.7 Å². The van der Waals surface area contributed by atoms with Crippen molar-refractivity contribution in [3.8, 4) is 11.5 Å². The second kappa shape index (κ2) is 11.1. The van der Waals surface area contributed by atoms with Crippen LogP contribution in [0.1, 0.15) is 33.3 Å². The van der Waals surface area contributed by atoms with Gasteiger partial charge in [0.15, 0.2) is 12.7 Å². The fourth-order valence-electron chi connectivity index (χ4n) is 3.22. The number of amides is 2. The molecule has 2 N–H and O–H groups in total. The fourth-order valence-corrected chi connectivity index (χ4v) is 3.40. The molecule has 3 aromatic rings. The second-order valence-electron chi connectivity index (χ2n) is 8.84. The number of benzene rings is 3. The Morgan fingerprint density at radius 3 is 2.03 bits per heavy atom. The van der Waals surface area contributed by atoms with Crippen LogP contribution >= 0.6 is 11.6 Å². The molecule has 0 saturated heterocycles. The Kier molecular flexibility index (Phi) is 8.18. The summed E-state index contributed by atoms with van der Waals surface area (Å²) in [5, 5.41) is 6.02. The SMILES string of the molecule is CC(Oc1ccccc1Cl)C(=O)Nc1ccc(NC(=O)COc2ccccc2C(C)(C)C)cc1. The summed E-state index contributed by atoms with van der Waals surface area (Å²) in [6.45, 7) is 7.82. The maximum Gasteiger partial charge on any atom is 0.265 e. The molecule has 0 aliphatic heterocycles. The zero-order valence-corrected chi connectivity index (χ0v) is 20.5. The third-order valence-electron chi connectivity index (χ3n) is 5.00. The van der Waals surface area contributed by atoms with E-state index >= 15 is 0 Å². The Morgan fingerprint density at radius 2 is 1.41 bits per heavy atom. The number of ether oxygens (including phenoxy) is 2. The van der Waals surface area contributed by atoms with Crippen LogP contribution < -0.4 is 20.1 Å². The van der Waals surface area contributed by atoms with Crippen LogP contribution in [0.25, 0.3) is 0 Å². The van der Waals surface area contributed by atoms with Crippen LogP contribution in [0.2, 0.25) is 5.02 Å². The molecule has 0 aliphatic rings. The smallest absolute Gasteiger partial charge is 0.265 e. The summed E-state index contributed by atoms with van der Waals surface area (Å²) in [7, 11) is 0. The highest BCUT2D eigenvalue weighted by Crippen LogP contribution is 2.31. The van der Waals surface area contributed by atoms with Crippen molar-refractivity contribution in [2.75, 3.05) is 17.2 Å². The van der Waals surface area contributed by atoms with Crippen molar-refractivity contribution in [2.24, 2.45) is 0 Å². The first-order valence-corrected chi connectivity index (χ1v) is 11.4. The van der Waals surface area contributed by atoms with E-state index in [9.17, 15) is 9.59 Å². The quantitative estimate of drug-likeness (QED) is 0.410. The van der Waals surface area contributed by atoms with Gasteiger partial charge in [0.1, 0.15) is 11.5 Å². The first kappa shape index (κ1) is 25.1. The largest absolute Gasteiger partial charge is 0.483 e. The molecule has 34 heavy (non-hydrogen) atoms. The van der Waals surface area contributed by atoms with Crippen molar-refractivity contribution in [1.29, 1.82) is 0 Å². The Morgan fingerprint density at radius 1 is 0.853 bits per heavy atom. The maximum atomic E-state index is 12.4. The summed E-state index contributed by atoms with van der Waals surface area (Å²) in [4.78, 5) is 24.8. The highest BCUT2D eigenvalue weighted by Gasteiger charge is 2.19. The summed E-state index contributed by atoms with van der Waals surface area (Å²) in [5.74, 6) is 0.540. The van der Waals surface area contributed by atoms with E-state index in [1.54, 1.807) is 55.5 Å². The lowest BCUT2D eigenvalue weighted by atomic mass is 9.86.